The first-order valence-corrected chi connectivity index (χ1v) is 32.1. The van der Waals surface area contributed by atoms with Gasteiger partial charge in [0.1, 0.15) is 0 Å². The summed E-state index contributed by atoms with van der Waals surface area (Å²) in [6.07, 6.45) is 0. The highest BCUT2D eigenvalue weighted by Crippen LogP contribution is 2.47. The Hall–Kier alpha value is -12.2. The summed E-state index contributed by atoms with van der Waals surface area (Å²) >= 11 is 1.83. The molecule has 0 amide bonds. The van der Waals surface area contributed by atoms with Gasteiger partial charge in [-0.05, 0) is 164 Å². The molecule has 17 aromatic rings. The molecule has 9 heteroatoms. The van der Waals surface area contributed by atoms with E-state index in [0.717, 1.165) is 73.7 Å². The smallest absolute Gasteiger partial charge is 0.153 e. The second-order valence-corrected chi connectivity index (χ2v) is 24.2. The Kier molecular flexibility index (Phi) is 14.0. The van der Waals surface area contributed by atoms with E-state index in [1.807, 2.05) is 36.0 Å². The maximum absolute atomic E-state index is 6.16. The van der Waals surface area contributed by atoms with Crippen molar-refractivity contribution in [3.63, 3.8) is 0 Å². The third kappa shape index (κ3) is 10.2. The third-order valence-electron chi connectivity index (χ3n) is 17.5. The van der Waals surface area contributed by atoms with Crippen molar-refractivity contribution in [1.29, 1.82) is 0 Å². The molecule has 2 aliphatic heterocycles. The van der Waals surface area contributed by atoms with Gasteiger partial charge < -0.3 is 39.3 Å². The average Bonchev–Trinajstić information content (AvgIpc) is 1.64. The molecular weight excluding hydrogens is 1160 g/mol. The van der Waals surface area contributed by atoms with Crippen LogP contribution < -0.4 is 25.2 Å². The van der Waals surface area contributed by atoms with Crippen molar-refractivity contribution in [1.82, 2.24) is 14.1 Å². The van der Waals surface area contributed by atoms with Crippen LogP contribution in [0.2, 0.25) is 0 Å². The number of aromatic amines is 1. The molecule has 0 atom stereocenters. The molecule has 5 heterocycles. The van der Waals surface area contributed by atoms with E-state index in [4.69, 9.17) is 4.74 Å². The second-order valence-electron chi connectivity index (χ2n) is 23.1. The summed E-state index contributed by atoms with van der Waals surface area (Å²) in [6, 6.07) is 119. The van der Waals surface area contributed by atoms with E-state index in [0.29, 0.717) is 0 Å². The minimum atomic E-state index is 0.841. The van der Waals surface area contributed by atoms with Crippen LogP contribution in [0.4, 0.5) is 56.9 Å². The van der Waals surface area contributed by atoms with Gasteiger partial charge in [-0.3, -0.25) is 0 Å². The molecular formula is C84H59N7OS. The second kappa shape index (κ2) is 23.7. The van der Waals surface area contributed by atoms with Crippen molar-refractivity contribution in [2.24, 2.45) is 0 Å². The van der Waals surface area contributed by atoms with Crippen molar-refractivity contribution < 1.29 is 4.74 Å². The molecule has 2 aliphatic rings. The van der Waals surface area contributed by atoms with E-state index >= 15 is 0 Å². The maximum atomic E-state index is 6.16. The van der Waals surface area contributed by atoms with Gasteiger partial charge in [-0.2, -0.15) is 0 Å². The van der Waals surface area contributed by atoms with Gasteiger partial charge >= 0.3 is 0 Å². The van der Waals surface area contributed by atoms with Crippen molar-refractivity contribution in [2.75, 3.05) is 20.4 Å². The summed E-state index contributed by atoms with van der Waals surface area (Å²) in [5.74, 6) is 1.69. The molecule has 0 spiro atoms. The minimum Gasteiger partial charge on any atom is -0.453 e. The van der Waals surface area contributed by atoms with E-state index < -0.39 is 0 Å². The zero-order chi connectivity index (χ0) is 61.6. The number of aromatic nitrogens is 3. The molecule has 0 aliphatic carbocycles. The van der Waals surface area contributed by atoms with Crippen LogP contribution >= 0.6 is 11.8 Å². The number of nitrogens with one attached hydrogen (secondary N) is 3. The first-order valence-electron chi connectivity index (χ1n) is 31.3. The molecule has 0 unspecified atom stereocenters. The highest BCUT2D eigenvalue weighted by molar-refractivity contribution is 7.99. The van der Waals surface area contributed by atoms with Gasteiger partial charge in [0.25, 0.3) is 0 Å². The van der Waals surface area contributed by atoms with Gasteiger partial charge in [0.2, 0.25) is 0 Å². The van der Waals surface area contributed by atoms with Gasteiger partial charge in [0.05, 0.1) is 50.5 Å². The minimum absolute atomic E-state index is 0.841. The van der Waals surface area contributed by atoms with Crippen molar-refractivity contribution in [3.05, 3.63) is 340 Å². The topological polar surface area (TPSA) is 65.4 Å². The van der Waals surface area contributed by atoms with E-state index in [9.17, 15) is 0 Å². The van der Waals surface area contributed by atoms with E-state index in [1.165, 1.54) is 81.2 Å². The maximum Gasteiger partial charge on any atom is 0.153 e. The number of anilines is 10. The predicted octanol–water partition coefficient (Wildman–Crippen LogP) is 23.9. The fourth-order valence-corrected chi connectivity index (χ4v) is 14.3. The average molecular weight is 1210 g/mol. The van der Waals surface area contributed by atoms with E-state index in [2.05, 4.69) is 350 Å². The number of rotatable bonds is 8. The highest BCUT2D eigenvalue weighted by Gasteiger charge is 2.22. The number of ether oxygens (including phenoxy) is 1. The van der Waals surface area contributed by atoms with Gasteiger partial charge in [-0.15, -0.1) is 0 Å². The summed E-state index contributed by atoms with van der Waals surface area (Å²) in [5.41, 5.74) is 20.5. The van der Waals surface area contributed by atoms with Crippen LogP contribution in [0, 0.1) is 0 Å². The number of hydrogen-bond acceptors (Lipinski definition) is 6. The summed E-state index contributed by atoms with van der Waals surface area (Å²) in [7, 11) is 0. The normalized spacial score (nSPS) is 11.9. The summed E-state index contributed by atoms with van der Waals surface area (Å²) in [5, 5.41) is 14.5. The van der Waals surface area contributed by atoms with Gasteiger partial charge in [-0.25, -0.2) is 0 Å². The summed E-state index contributed by atoms with van der Waals surface area (Å²) < 4.78 is 10.8. The predicted molar refractivity (Wildman–Crippen MR) is 390 cm³/mol. The lowest BCUT2D eigenvalue weighted by Crippen LogP contribution is -2.09. The van der Waals surface area contributed by atoms with Crippen molar-refractivity contribution in [2.45, 2.75) is 9.79 Å². The molecule has 14 aromatic carbocycles. The largest absolute Gasteiger partial charge is 0.453 e. The number of fused-ring (bicyclic) bond motifs is 13. The molecule has 0 saturated carbocycles. The first-order chi connectivity index (χ1) is 46.1. The molecule has 0 fully saturated rings. The Bertz CT molecular complexity index is 5080. The van der Waals surface area contributed by atoms with Crippen LogP contribution in [-0.2, 0) is 0 Å². The van der Waals surface area contributed by atoms with Crippen LogP contribution in [0.15, 0.2) is 350 Å². The Morgan fingerprint density at radius 2 is 0.624 bits per heavy atom. The van der Waals surface area contributed by atoms with E-state index in [-0.39, 0.29) is 0 Å². The van der Waals surface area contributed by atoms with Gasteiger partial charge in [0, 0.05) is 99.0 Å². The summed E-state index contributed by atoms with van der Waals surface area (Å²) in [6.45, 7) is 0. The van der Waals surface area contributed by atoms with Gasteiger partial charge in [0.15, 0.2) is 11.5 Å². The first kappa shape index (κ1) is 54.9. The lowest BCUT2D eigenvalue weighted by molar-refractivity contribution is 0.481. The monoisotopic (exact) mass is 1210 g/mol. The molecule has 0 saturated heterocycles. The molecule has 3 aromatic heterocycles. The fourth-order valence-electron chi connectivity index (χ4n) is 13.3. The Labute approximate surface area is 542 Å². The third-order valence-corrected chi connectivity index (χ3v) is 18.6. The van der Waals surface area contributed by atoms with E-state index in [1.54, 1.807) is 0 Å². The number of nitrogens with zero attached hydrogens (tertiary/aromatic N) is 4. The zero-order valence-electron chi connectivity index (χ0n) is 50.4. The standard InChI is InChI=1S/C36H27N3.C24H16N2O.C24H16N2S/c1-5-13-27(14-6-1)38(28-15-7-2-8-16-28)31-21-23-35-33(25-31)34-26-32(22-24-36(34)37-35)39(29-17-9-3-10-18-29)30-19-11-4-12-20-30;2*1-4-10-21-17(7-1)18-8-2-5-11-22(18)26(21)16-13-14-20-24(15-16)27-23-12-6-3-9-19(23)25-20/h1-26,37H;2*1-15,25H. The number of hydrogen-bond donors (Lipinski definition) is 3. The van der Waals surface area contributed by atoms with Crippen LogP contribution in [-0.4, -0.2) is 14.1 Å². The fraction of sp³-hybridized carbons (Fsp3) is 0. The molecule has 8 nitrogen and oxygen atoms in total. The number of benzene rings is 14. The van der Waals surface area contributed by atoms with Gasteiger partial charge in [-0.1, -0.05) is 182 Å². The quantitative estimate of drug-likeness (QED) is 0.141. The summed E-state index contributed by atoms with van der Waals surface area (Å²) in [4.78, 5) is 10.8. The number of para-hydroxylation sites is 11. The molecule has 0 bridgehead atoms. The van der Waals surface area contributed by atoms with Crippen molar-refractivity contribution >= 4 is 134 Å². The zero-order valence-corrected chi connectivity index (χ0v) is 51.3. The lowest BCUT2D eigenvalue weighted by Gasteiger charge is -2.26. The van der Waals surface area contributed by atoms with Crippen LogP contribution in [0.3, 0.4) is 0 Å². The Morgan fingerprint density at radius 3 is 1.11 bits per heavy atom. The van der Waals surface area contributed by atoms with Crippen LogP contribution in [0.1, 0.15) is 0 Å². The Morgan fingerprint density at radius 1 is 0.258 bits per heavy atom. The SMILES string of the molecule is c1ccc(N(c2ccccc2)c2ccc3[nH]c4ccc(N(c5ccccc5)c5ccccc5)cc4c3c2)cc1.c1ccc2c(c1)Nc1ccc(-n3c4ccccc4c4ccccc43)cc1O2.c1ccc2c(c1)Nc1ccc(-n3c4ccccc4c4ccccc43)cc1S2. The lowest BCUT2D eigenvalue weighted by atomic mass is 10.1. The van der Waals surface area contributed by atoms with Crippen LogP contribution in [0.25, 0.3) is 76.8 Å². The number of H-pyrrole nitrogens is 1. The highest BCUT2D eigenvalue weighted by atomic mass is 32.2. The Balaban J connectivity index is 0.000000109. The molecule has 0 radical (unpaired) electrons. The molecule has 3 N–H and O–H groups in total. The van der Waals surface area contributed by atoms with Crippen LogP contribution in [0.5, 0.6) is 11.5 Å². The van der Waals surface area contributed by atoms with Crippen molar-refractivity contribution in [3.8, 4) is 22.9 Å². The molecule has 93 heavy (non-hydrogen) atoms. The molecule has 19 rings (SSSR count). The molecule has 442 valence electrons.